The molecule has 0 aliphatic heterocycles. The number of hydrogen-bond acceptors (Lipinski definition) is 4. The number of pyridine rings is 1. The minimum atomic E-state index is -1.01. The van der Waals surface area contributed by atoms with E-state index in [0.717, 1.165) is 12.8 Å². The highest BCUT2D eigenvalue weighted by molar-refractivity contribution is 6.00. The van der Waals surface area contributed by atoms with Crippen molar-refractivity contribution in [1.82, 2.24) is 4.98 Å². The van der Waals surface area contributed by atoms with Crippen LogP contribution in [0.4, 0.5) is 0 Å². The van der Waals surface area contributed by atoms with Crippen LogP contribution in [0.3, 0.4) is 0 Å². The fourth-order valence-electron chi connectivity index (χ4n) is 1.83. The number of aromatic nitrogens is 1. The van der Waals surface area contributed by atoms with Crippen LogP contribution in [0.1, 0.15) is 37.2 Å². The Morgan fingerprint density at radius 1 is 1.47 bits per heavy atom. The van der Waals surface area contributed by atoms with Crippen molar-refractivity contribution in [2.45, 2.75) is 32.8 Å². The second-order valence-corrected chi connectivity index (χ2v) is 3.94. The maximum absolute atomic E-state index is 12.1. The summed E-state index contributed by atoms with van der Waals surface area (Å²) in [5.41, 5.74) is 0.203. The van der Waals surface area contributed by atoms with Gasteiger partial charge in [-0.3, -0.25) is 4.79 Å². The minimum absolute atomic E-state index is 0.0331. The lowest BCUT2D eigenvalue weighted by Crippen LogP contribution is -2.30. The predicted molar refractivity (Wildman–Crippen MR) is 65.2 cm³/mol. The molecule has 0 saturated carbocycles. The second kappa shape index (κ2) is 6.35. The van der Waals surface area contributed by atoms with E-state index in [4.69, 9.17) is 4.74 Å². The molecule has 0 amide bonds. The number of ketones is 1. The highest BCUT2D eigenvalue weighted by Gasteiger charge is 2.27. The van der Waals surface area contributed by atoms with Crippen LogP contribution in [0.25, 0.3) is 0 Å². The average Bonchev–Trinajstić information content (AvgIpc) is 2.39. The quantitative estimate of drug-likeness (QED) is 0.769. The van der Waals surface area contributed by atoms with Gasteiger partial charge in [0, 0.05) is 6.20 Å². The molecule has 1 unspecified atom stereocenters. The first-order valence-corrected chi connectivity index (χ1v) is 5.86. The smallest absolute Gasteiger partial charge is 0.213 e. The second-order valence-electron chi connectivity index (χ2n) is 3.94. The standard InChI is InChI=1S/C13H19NO3/c1-4-9(5-2)12(15)13(16)11-10(17-3)7-6-8-14-11/h6-9,12,15H,4-5H2,1-3H3. The summed E-state index contributed by atoms with van der Waals surface area (Å²) >= 11 is 0. The van der Waals surface area contributed by atoms with E-state index in [2.05, 4.69) is 4.98 Å². The molecule has 1 rings (SSSR count). The van der Waals surface area contributed by atoms with Crippen molar-refractivity contribution in [3.8, 4) is 5.75 Å². The fraction of sp³-hybridized carbons (Fsp3) is 0.538. The molecule has 0 aliphatic carbocycles. The summed E-state index contributed by atoms with van der Waals surface area (Å²) < 4.78 is 5.07. The Morgan fingerprint density at radius 2 is 2.12 bits per heavy atom. The van der Waals surface area contributed by atoms with Crippen LogP contribution in [0, 0.1) is 5.92 Å². The third-order valence-electron chi connectivity index (χ3n) is 2.99. The van der Waals surface area contributed by atoms with Gasteiger partial charge in [-0.1, -0.05) is 26.7 Å². The summed E-state index contributed by atoms with van der Waals surface area (Å²) in [4.78, 5) is 16.1. The van der Waals surface area contributed by atoms with Crippen LogP contribution < -0.4 is 4.74 Å². The summed E-state index contributed by atoms with van der Waals surface area (Å²) in [5.74, 6) is 0.00729. The highest BCUT2D eigenvalue weighted by atomic mass is 16.5. The summed E-state index contributed by atoms with van der Waals surface area (Å²) in [6.45, 7) is 3.92. The lowest BCUT2D eigenvalue weighted by molar-refractivity contribution is 0.0579. The van der Waals surface area contributed by atoms with Crippen molar-refractivity contribution >= 4 is 5.78 Å². The van der Waals surface area contributed by atoms with E-state index in [9.17, 15) is 9.90 Å². The molecule has 0 aliphatic rings. The first kappa shape index (κ1) is 13.6. The molecule has 1 atom stereocenters. The number of ether oxygens (including phenoxy) is 1. The number of Topliss-reactive ketones (excluding diaryl/α,β-unsaturated/α-hetero) is 1. The Hall–Kier alpha value is -1.42. The lowest BCUT2D eigenvalue weighted by atomic mass is 9.92. The molecule has 4 heteroatoms. The van der Waals surface area contributed by atoms with E-state index in [0.29, 0.717) is 5.75 Å². The van der Waals surface area contributed by atoms with Crippen molar-refractivity contribution in [2.75, 3.05) is 7.11 Å². The van der Waals surface area contributed by atoms with Gasteiger partial charge in [0.2, 0.25) is 5.78 Å². The monoisotopic (exact) mass is 237 g/mol. The maximum atomic E-state index is 12.1. The van der Waals surface area contributed by atoms with Gasteiger partial charge in [-0.05, 0) is 18.1 Å². The number of rotatable bonds is 6. The molecule has 0 saturated heterocycles. The van der Waals surface area contributed by atoms with Crippen LogP contribution in [-0.2, 0) is 0 Å². The summed E-state index contributed by atoms with van der Waals surface area (Å²) in [6, 6.07) is 3.36. The first-order valence-electron chi connectivity index (χ1n) is 5.86. The van der Waals surface area contributed by atoms with Gasteiger partial charge in [0.25, 0.3) is 0 Å². The zero-order valence-electron chi connectivity index (χ0n) is 10.5. The van der Waals surface area contributed by atoms with Gasteiger partial charge in [-0.15, -0.1) is 0 Å². The zero-order chi connectivity index (χ0) is 12.8. The molecule has 17 heavy (non-hydrogen) atoms. The van der Waals surface area contributed by atoms with E-state index < -0.39 is 6.10 Å². The lowest BCUT2D eigenvalue weighted by Gasteiger charge is -2.19. The van der Waals surface area contributed by atoms with Crippen molar-refractivity contribution in [3.63, 3.8) is 0 Å². The summed E-state index contributed by atoms with van der Waals surface area (Å²) in [7, 11) is 1.48. The van der Waals surface area contributed by atoms with E-state index in [1.807, 2.05) is 13.8 Å². The van der Waals surface area contributed by atoms with Crippen molar-refractivity contribution in [2.24, 2.45) is 5.92 Å². The van der Waals surface area contributed by atoms with E-state index in [1.54, 1.807) is 12.1 Å². The fourth-order valence-corrected chi connectivity index (χ4v) is 1.83. The number of nitrogens with zero attached hydrogens (tertiary/aromatic N) is 1. The van der Waals surface area contributed by atoms with Crippen LogP contribution in [-0.4, -0.2) is 29.1 Å². The zero-order valence-corrected chi connectivity index (χ0v) is 10.5. The Balaban J connectivity index is 2.95. The van der Waals surface area contributed by atoms with Crippen LogP contribution >= 0.6 is 0 Å². The van der Waals surface area contributed by atoms with Gasteiger partial charge in [-0.25, -0.2) is 4.98 Å². The average molecular weight is 237 g/mol. The molecule has 4 nitrogen and oxygen atoms in total. The Labute approximate surface area is 102 Å². The van der Waals surface area contributed by atoms with E-state index in [-0.39, 0.29) is 17.4 Å². The van der Waals surface area contributed by atoms with E-state index in [1.165, 1.54) is 13.3 Å². The maximum Gasteiger partial charge on any atom is 0.213 e. The number of carbonyl (C=O) groups is 1. The van der Waals surface area contributed by atoms with Gasteiger partial charge in [0.05, 0.1) is 7.11 Å². The first-order chi connectivity index (χ1) is 8.15. The molecule has 0 bridgehead atoms. The van der Waals surface area contributed by atoms with Crippen molar-refractivity contribution in [1.29, 1.82) is 0 Å². The SMILES string of the molecule is CCC(CC)C(O)C(=O)c1ncccc1OC. The number of aliphatic hydroxyl groups excluding tert-OH is 1. The van der Waals surface area contributed by atoms with Crippen LogP contribution in [0.2, 0.25) is 0 Å². The molecular weight excluding hydrogens is 218 g/mol. The third kappa shape index (κ3) is 3.03. The molecule has 94 valence electrons. The number of carbonyl (C=O) groups excluding carboxylic acids is 1. The summed E-state index contributed by atoms with van der Waals surface area (Å²) in [6.07, 6.45) is 2.04. The van der Waals surface area contributed by atoms with Gasteiger partial charge in [-0.2, -0.15) is 0 Å². The molecule has 1 N–H and O–H groups in total. The normalized spacial score (nSPS) is 12.5. The molecule has 1 aromatic rings. The number of methoxy groups -OCH3 is 1. The molecule has 0 spiro atoms. The van der Waals surface area contributed by atoms with Gasteiger partial charge >= 0.3 is 0 Å². The van der Waals surface area contributed by atoms with Crippen LogP contribution in [0.5, 0.6) is 5.75 Å². The van der Waals surface area contributed by atoms with Gasteiger partial charge < -0.3 is 9.84 Å². The largest absolute Gasteiger partial charge is 0.494 e. The number of hydrogen-bond donors (Lipinski definition) is 1. The summed E-state index contributed by atoms with van der Waals surface area (Å²) in [5, 5.41) is 10.0. The van der Waals surface area contributed by atoms with Gasteiger partial charge in [0.1, 0.15) is 11.9 Å². The number of aliphatic hydroxyl groups is 1. The van der Waals surface area contributed by atoms with Crippen LogP contribution in [0.15, 0.2) is 18.3 Å². The third-order valence-corrected chi connectivity index (χ3v) is 2.99. The van der Waals surface area contributed by atoms with Crippen molar-refractivity contribution in [3.05, 3.63) is 24.0 Å². The Morgan fingerprint density at radius 3 is 2.65 bits per heavy atom. The Kier molecular flexibility index (Phi) is 5.10. The molecule has 1 aromatic heterocycles. The minimum Gasteiger partial charge on any atom is -0.494 e. The highest BCUT2D eigenvalue weighted by Crippen LogP contribution is 2.21. The molecular formula is C13H19NO3. The van der Waals surface area contributed by atoms with Crippen molar-refractivity contribution < 1.29 is 14.6 Å². The molecule has 1 heterocycles. The topological polar surface area (TPSA) is 59.4 Å². The predicted octanol–water partition coefficient (Wildman–Crippen LogP) is 2.07. The molecule has 0 fully saturated rings. The molecule has 0 radical (unpaired) electrons. The molecule has 0 aromatic carbocycles. The Bertz CT molecular complexity index is 375. The van der Waals surface area contributed by atoms with E-state index >= 15 is 0 Å². The van der Waals surface area contributed by atoms with Gasteiger partial charge in [0.15, 0.2) is 5.69 Å².